The normalized spacial score (nSPS) is 18.4. The molecule has 0 saturated heterocycles. The summed E-state index contributed by atoms with van der Waals surface area (Å²) >= 11 is 1.77. The Hall–Kier alpha value is -1.35. The van der Waals surface area contributed by atoms with Crippen LogP contribution in [0, 0.1) is 0 Å². The molecule has 3 rings (SSSR count). The number of nitrogens with one attached hydrogen (secondary N) is 1. The molecular weight excluding hydrogens is 242 g/mol. The molecule has 3 heteroatoms. The Bertz CT molecular complexity index is 518. The van der Waals surface area contributed by atoms with Crippen LogP contribution in [0.3, 0.4) is 0 Å². The summed E-state index contributed by atoms with van der Waals surface area (Å²) in [5.41, 5.74) is 2.52. The van der Waals surface area contributed by atoms with Gasteiger partial charge in [0.2, 0.25) is 0 Å². The summed E-state index contributed by atoms with van der Waals surface area (Å²) in [7, 11) is 0. The van der Waals surface area contributed by atoms with Crippen molar-refractivity contribution in [3.05, 3.63) is 47.9 Å². The summed E-state index contributed by atoms with van der Waals surface area (Å²) in [4.78, 5) is 1.30. The first kappa shape index (κ1) is 11.7. The molecular formula is C15H17NOS. The molecule has 0 amide bonds. The lowest BCUT2D eigenvalue weighted by Crippen LogP contribution is -2.15. The molecule has 0 aliphatic heterocycles. The molecule has 0 saturated carbocycles. The number of anilines is 1. The molecule has 0 spiro atoms. The van der Waals surface area contributed by atoms with Crippen molar-refractivity contribution in [3.8, 4) is 0 Å². The predicted molar refractivity (Wildman–Crippen MR) is 76.2 cm³/mol. The van der Waals surface area contributed by atoms with Gasteiger partial charge in [0.1, 0.15) is 5.76 Å². The molecule has 1 aromatic carbocycles. The largest absolute Gasteiger partial charge is 0.469 e. The van der Waals surface area contributed by atoms with E-state index < -0.39 is 0 Å². The van der Waals surface area contributed by atoms with E-state index >= 15 is 0 Å². The highest BCUT2D eigenvalue weighted by Crippen LogP contribution is 2.33. The third-order valence-electron chi connectivity index (χ3n) is 3.48. The Morgan fingerprint density at radius 2 is 2.06 bits per heavy atom. The number of fused-ring (bicyclic) bond motifs is 1. The summed E-state index contributed by atoms with van der Waals surface area (Å²) in [5, 5.41) is 3.61. The van der Waals surface area contributed by atoms with Crippen molar-refractivity contribution >= 4 is 17.4 Å². The highest BCUT2D eigenvalue weighted by atomic mass is 32.2. The van der Waals surface area contributed by atoms with E-state index in [1.54, 1.807) is 11.8 Å². The van der Waals surface area contributed by atoms with E-state index in [0.717, 1.165) is 12.2 Å². The summed E-state index contributed by atoms with van der Waals surface area (Å²) in [6, 6.07) is 11.1. The van der Waals surface area contributed by atoms with Crippen LogP contribution in [0.5, 0.6) is 0 Å². The van der Waals surface area contributed by atoms with Crippen LogP contribution in [0.2, 0.25) is 0 Å². The lowest BCUT2D eigenvalue weighted by Gasteiger charge is -2.23. The average Bonchev–Trinajstić information content (AvgIpc) is 2.89. The topological polar surface area (TPSA) is 25.2 Å². The zero-order valence-corrected chi connectivity index (χ0v) is 11.3. The van der Waals surface area contributed by atoms with Crippen molar-refractivity contribution in [3.63, 3.8) is 0 Å². The molecule has 1 aromatic heterocycles. The Morgan fingerprint density at radius 1 is 1.22 bits per heavy atom. The van der Waals surface area contributed by atoms with Crippen molar-refractivity contribution < 1.29 is 4.42 Å². The van der Waals surface area contributed by atoms with Gasteiger partial charge >= 0.3 is 0 Å². The lowest BCUT2D eigenvalue weighted by atomic mass is 9.93. The van der Waals surface area contributed by atoms with E-state index in [1.807, 2.05) is 6.26 Å². The maximum absolute atomic E-state index is 5.52. The van der Waals surface area contributed by atoms with E-state index in [4.69, 9.17) is 4.42 Å². The molecule has 2 aromatic rings. The second-order valence-electron chi connectivity index (χ2n) is 4.62. The van der Waals surface area contributed by atoms with Gasteiger partial charge in [0.15, 0.2) is 0 Å². The van der Waals surface area contributed by atoms with Crippen LogP contribution in [-0.4, -0.2) is 6.26 Å². The Labute approximate surface area is 112 Å². The van der Waals surface area contributed by atoms with Gasteiger partial charge in [-0.2, -0.15) is 0 Å². The zero-order valence-electron chi connectivity index (χ0n) is 10.5. The lowest BCUT2D eigenvalue weighted by molar-refractivity contribution is 0.461. The Kier molecular flexibility index (Phi) is 3.33. The molecule has 18 heavy (non-hydrogen) atoms. The van der Waals surface area contributed by atoms with E-state index in [1.165, 1.54) is 29.0 Å². The number of aryl methyl sites for hydroxylation is 1. The molecule has 1 heterocycles. The molecule has 2 nitrogen and oxygen atoms in total. The van der Waals surface area contributed by atoms with Crippen LogP contribution in [0.1, 0.15) is 30.2 Å². The van der Waals surface area contributed by atoms with E-state index in [9.17, 15) is 0 Å². The summed E-state index contributed by atoms with van der Waals surface area (Å²) in [6.07, 6.45) is 7.35. The van der Waals surface area contributed by atoms with Crippen LogP contribution in [0.4, 0.5) is 5.69 Å². The predicted octanol–water partition coefficient (Wildman–Crippen LogP) is 4.49. The molecule has 1 aliphatic carbocycles. The first-order valence-corrected chi connectivity index (χ1v) is 7.56. The number of hydrogen-bond acceptors (Lipinski definition) is 3. The smallest absolute Gasteiger partial charge is 0.109 e. The molecule has 0 bridgehead atoms. The molecule has 1 aliphatic rings. The van der Waals surface area contributed by atoms with E-state index in [0.29, 0.717) is 6.04 Å². The van der Waals surface area contributed by atoms with Crippen LogP contribution >= 0.6 is 11.8 Å². The fourth-order valence-electron chi connectivity index (χ4n) is 2.52. The second kappa shape index (κ2) is 5.11. The van der Waals surface area contributed by atoms with Gasteiger partial charge in [-0.05, 0) is 49.4 Å². The van der Waals surface area contributed by atoms with Gasteiger partial charge < -0.3 is 9.73 Å². The monoisotopic (exact) mass is 259 g/mol. The van der Waals surface area contributed by atoms with Crippen LogP contribution in [0.25, 0.3) is 0 Å². The van der Waals surface area contributed by atoms with Crippen molar-refractivity contribution in [1.29, 1.82) is 0 Å². The highest BCUT2D eigenvalue weighted by Gasteiger charge is 2.22. The second-order valence-corrected chi connectivity index (χ2v) is 5.50. The van der Waals surface area contributed by atoms with Crippen LogP contribution in [0.15, 0.2) is 45.9 Å². The van der Waals surface area contributed by atoms with Gasteiger partial charge in [0.05, 0.1) is 12.3 Å². The summed E-state index contributed by atoms with van der Waals surface area (Å²) in [6.45, 7) is 0. The number of furan rings is 1. The summed E-state index contributed by atoms with van der Waals surface area (Å²) in [5.74, 6) is 1.15. The molecule has 0 radical (unpaired) electrons. The van der Waals surface area contributed by atoms with Crippen molar-refractivity contribution in [2.45, 2.75) is 30.2 Å². The third kappa shape index (κ3) is 2.27. The zero-order chi connectivity index (χ0) is 12.4. The number of thioether (sulfide) groups is 1. The first-order valence-electron chi connectivity index (χ1n) is 6.33. The minimum atomic E-state index is 0.396. The average molecular weight is 259 g/mol. The summed E-state index contributed by atoms with van der Waals surface area (Å²) < 4.78 is 5.52. The molecule has 0 fully saturated rings. The van der Waals surface area contributed by atoms with Gasteiger partial charge in [-0.1, -0.05) is 0 Å². The number of hydrogen-bond donors (Lipinski definition) is 1. The van der Waals surface area contributed by atoms with Crippen LogP contribution < -0.4 is 5.32 Å². The van der Waals surface area contributed by atoms with Crippen molar-refractivity contribution in [1.82, 2.24) is 0 Å². The molecule has 1 unspecified atom stereocenters. The first-order chi connectivity index (χ1) is 8.86. The van der Waals surface area contributed by atoms with Gasteiger partial charge in [-0.25, -0.2) is 0 Å². The molecule has 94 valence electrons. The van der Waals surface area contributed by atoms with Gasteiger partial charge in [-0.15, -0.1) is 11.8 Å². The maximum Gasteiger partial charge on any atom is 0.109 e. The van der Waals surface area contributed by atoms with Gasteiger partial charge in [0, 0.05) is 22.6 Å². The minimum absolute atomic E-state index is 0.396. The van der Waals surface area contributed by atoms with Gasteiger partial charge in [0.25, 0.3) is 0 Å². The highest BCUT2D eigenvalue weighted by molar-refractivity contribution is 7.98. The van der Waals surface area contributed by atoms with Crippen LogP contribution in [-0.2, 0) is 6.42 Å². The standard InChI is InChI=1S/C15H17NOS/c1-18-12-7-5-11(6-8-12)16-14-3-2-4-15-13(14)9-10-17-15/h5-10,14,16H,2-4H2,1H3. The Morgan fingerprint density at radius 3 is 2.83 bits per heavy atom. The number of rotatable bonds is 3. The fraction of sp³-hybridized carbons (Fsp3) is 0.333. The third-order valence-corrected chi connectivity index (χ3v) is 4.23. The van der Waals surface area contributed by atoms with Crippen molar-refractivity contribution in [2.75, 3.05) is 11.6 Å². The minimum Gasteiger partial charge on any atom is -0.469 e. The molecule has 1 atom stereocenters. The SMILES string of the molecule is CSc1ccc(NC2CCCc3occc32)cc1. The van der Waals surface area contributed by atoms with Gasteiger partial charge in [-0.3, -0.25) is 0 Å². The quantitative estimate of drug-likeness (QED) is 0.822. The fourth-order valence-corrected chi connectivity index (χ4v) is 2.93. The molecule has 1 N–H and O–H groups in total. The Balaban J connectivity index is 1.77. The van der Waals surface area contributed by atoms with E-state index in [-0.39, 0.29) is 0 Å². The number of benzene rings is 1. The van der Waals surface area contributed by atoms with E-state index in [2.05, 4.69) is 41.9 Å². The van der Waals surface area contributed by atoms with Crippen molar-refractivity contribution in [2.24, 2.45) is 0 Å². The maximum atomic E-state index is 5.52.